The van der Waals surface area contributed by atoms with E-state index in [1.807, 2.05) is 6.07 Å². The highest BCUT2D eigenvalue weighted by molar-refractivity contribution is 5.60. The Labute approximate surface area is 162 Å². The maximum Gasteiger partial charge on any atom is 0.159 e. The molecule has 144 valence electrons. The summed E-state index contributed by atoms with van der Waals surface area (Å²) in [5.41, 5.74) is 2.37. The van der Waals surface area contributed by atoms with Crippen molar-refractivity contribution in [1.29, 1.82) is 0 Å². The lowest BCUT2D eigenvalue weighted by atomic mass is 10.1. The van der Waals surface area contributed by atoms with E-state index in [1.165, 1.54) is 38.3 Å². The van der Waals surface area contributed by atoms with Gasteiger partial charge in [0.1, 0.15) is 0 Å². The first kappa shape index (κ1) is 18.3. The average molecular weight is 367 g/mol. The summed E-state index contributed by atoms with van der Waals surface area (Å²) in [4.78, 5) is 16.3. The van der Waals surface area contributed by atoms with Crippen molar-refractivity contribution in [3.8, 4) is 11.4 Å². The average Bonchev–Trinajstić information content (AvgIpc) is 3.22. The number of hydrogen-bond acceptors (Lipinski definition) is 6. The largest absolute Gasteiger partial charge is 0.369 e. The lowest BCUT2D eigenvalue weighted by molar-refractivity contribution is 0.214. The molecule has 3 heterocycles. The third-order valence-electron chi connectivity index (χ3n) is 5.84. The molecule has 6 nitrogen and oxygen atoms in total. The summed E-state index contributed by atoms with van der Waals surface area (Å²) < 4.78 is 0. The topological polar surface area (TPSA) is 47.5 Å². The normalized spacial score (nSPS) is 21.7. The first-order valence-corrected chi connectivity index (χ1v) is 10.1. The van der Waals surface area contributed by atoms with Crippen LogP contribution < -0.4 is 10.2 Å². The van der Waals surface area contributed by atoms with Crippen LogP contribution in [0.3, 0.4) is 0 Å². The van der Waals surface area contributed by atoms with Crippen LogP contribution in [0.4, 0.5) is 5.69 Å². The summed E-state index contributed by atoms with van der Waals surface area (Å²) in [7, 11) is 2.08. The summed E-state index contributed by atoms with van der Waals surface area (Å²) in [6, 6.07) is 11.2. The van der Waals surface area contributed by atoms with E-state index in [0.29, 0.717) is 6.04 Å². The van der Waals surface area contributed by atoms with Crippen LogP contribution >= 0.6 is 0 Å². The smallest absolute Gasteiger partial charge is 0.159 e. The number of hydrogen-bond donors (Lipinski definition) is 1. The Hall–Kier alpha value is -2.02. The molecule has 2 fully saturated rings. The molecule has 2 aliphatic heterocycles. The SMILES string of the molecule is CNC1CCN(CCN2CCN(c3ccc(-c4ncccn4)cc3)CC2)C1. The molecule has 2 aromatic rings. The van der Waals surface area contributed by atoms with E-state index in [9.17, 15) is 0 Å². The van der Waals surface area contributed by atoms with Gasteiger partial charge in [0.2, 0.25) is 0 Å². The van der Waals surface area contributed by atoms with Crippen LogP contribution in [0.15, 0.2) is 42.7 Å². The standard InChI is InChI=1S/C21H30N6/c1-22-19-7-10-26(17-19)12-11-25-13-15-27(16-14-25)20-5-3-18(4-6-20)21-23-8-2-9-24-21/h2-6,8-9,19,22H,7,10-17H2,1H3. The van der Waals surface area contributed by atoms with E-state index in [-0.39, 0.29) is 0 Å². The van der Waals surface area contributed by atoms with Gasteiger partial charge in [-0.1, -0.05) is 0 Å². The van der Waals surface area contributed by atoms with Crippen LogP contribution in [0.1, 0.15) is 6.42 Å². The highest BCUT2D eigenvalue weighted by Crippen LogP contribution is 2.21. The molecule has 0 aliphatic carbocycles. The highest BCUT2D eigenvalue weighted by atomic mass is 15.3. The van der Waals surface area contributed by atoms with E-state index < -0.39 is 0 Å². The Morgan fingerprint density at radius 2 is 1.63 bits per heavy atom. The molecule has 27 heavy (non-hydrogen) atoms. The Kier molecular flexibility index (Phi) is 5.97. The minimum absolute atomic E-state index is 0.686. The fourth-order valence-electron chi connectivity index (χ4n) is 4.05. The van der Waals surface area contributed by atoms with Crippen molar-refractivity contribution in [2.24, 2.45) is 0 Å². The molecule has 1 unspecified atom stereocenters. The summed E-state index contributed by atoms with van der Waals surface area (Å²) >= 11 is 0. The summed E-state index contributed by atoms with van der Waals surface area (Å²) in [6.07, 6.45) is 4.86. The molecule has 0 saturated carbocycles. The predicted octanol–water partition coefficient (Wildman–Crippen LogP) is 1.56. The van der Waals surface area contributed by atoms with Gasteiger partial charge in [0, 0.05) is 75.5 Å². The Morgan fingerprint density at radius 1 is 0.926 bits per heavy atom. The highest BCUT2D eigenvalue weighted by Gasteiger charge is 2.22. The molecule has 1 aromatic heterocycles. The van der Waals surface area contributed by atoms with Crippen molar-refractivity contribution in [3.63, 3.8) is 0 Å². The number of likely N-dealkylation sites (N-methyl/N-ethyl adjacent to an activating group) is 1. The molecule has 1 aromatic carbocycles. The summed E-state index contributed by atoms with van der Waals surface area (Å²) in [5, 5.41) is 3.40. The van der Waals surface area contributed by atoms with Gasteiger partial charge >= 0.3 is 0 Å². The predicted molar refractivity (Wildman–Crippen MR) is 110 cm³/mol. The lowest BCUT2D eigenvalue weighted by Crippen LogP contribution is -2.48. The molecule has 1 atom stereocenters. The van der Waals surface area contributed by atoms with Crippen LogP contribution in [-0.2, 0) is 0 Å². The van der Waals surface area contributed by atoms with Gasteiger partial charge in [0.15, 0.2) is 5.82 Å². The fraction of sp³-hybridized carbons (Fsp3) is 0.524. The molecular weight excluding hydrogens is 336 g/mol. The van der Waals surface area contributed by atoms with Gasteiger partial charge < -0.3 is 15.1 Å². The van der Waals surface area contributed by atoms with E-state index in [4.69, 9.17) is 0 Å². The molecule has 6 heteroatoms. The van der Waals surface area contributed by atoms with E-state index in [0.717, 1.165) is 37.6 Å². The zero-order valence-corrected chi connectivity index (χ0v) is 16.2. The van der Waals surface area contributed by atoms with E-state index in [1.54, 1.807) is 12.4 Å². The molecule has 0 spiro atoms. The second kappa shape index (κ2) is 8.78. The molecule has 2 aliphatic rings. The maximum atomic E-state index is 4.32. The molecular formula is C21H30N6. The van der Waals surface area contributed by atoms with Crippen LogP contribution in [0, 0.1) is 0 Å². The van der Waals surface area contributed by atoms with Gasteiger partial charge in [0.25, 0.3) is 0 Å². The first-order valence-electron chi connectivity index (χ1n) is 10.1. The van der Waals surface area contributed by atoms with Gasteiger partial charge in [-0.05, 0) is 50.3 Å². The van der Waals surface area contributed by atoms with Gasteiger partial charge in [-0.2, -0.15) is 0 Å². The van der Waals surface area contributed by atoms with Gasteiger partial charge in [-0.25, -0.2) is 9.97 Å². The van der Waals surface area contributed by atoms with Crippen molar-refractivity contribution in [1.82, 2.24) is 25.1 Å². The minimum Gasteiger partial charge on any atom is -0.369 e. The quantitative estimate of drug-likeness (QED) is 0.837. The van der Waals surface area contributed by atoms with Crippen molar-refractivity contribution in [3.05, 3.63) is 42.7 Å². The second-order valence-corrected chi connectivity index (χ2v) is 7.52. The summed E-state index contributed by atoms with van der Waals surface area (Å²) in [6.45, 7) is 9.32. The van der Waals surface area contributed by atoms with E-state index in [2.05, 4.69) is 61.3 Å². The van der Waals surface area contributed by atoms with Crippen molar-refractivity contribution in [2.45, 2.75) is 12.5 Å². The van der Waals surface area contributed by atoms with Gasteiger partial charge in [-0.3, -0.25) is 4.90 Å². The van der Waals surface area contributed by atoms with Crippen molar-refractivity contribution < 1.29 is 0 Å². The van der Waals surface area contributed by atoms with Crippen molar-refractivity contribution in [2.75, 3.05) is 64.3 Å². The molecule has 4 rings (SSSR count). The van der Waals surface area contributed by atoms with Crippen LogP contribution in [-0.4, -0.2) is 85.2 Å². The monoisotopic (exact) mass is 366 g/mol. The fourth-order valence-corrected chi connectivity index (χ4v) is 4.05. The Bertz CT molecular complexity index is 696. The lowest BCUT2D eigenvalue weighted by Gasteiger charge is -2.36. The molecule has 2 saturated heterocycles. The van der Waals surface area contributed by atoms with Crippen LogP contribution in [0.2, 0.25) is 0 Å². The first-order chi connectivity index (χ1) is 13.3. The third kappa shape index (κ3) is 4.64. The van der Waals surface area contributed by atoms with Gasteiger partial charge in [-0.15, -0.1) is 0 Å². The number of benzene rings is 1. The minimum atomic E-state index is 0.686. The number of nitrogens with zero attached hydrogens (tertiary/aromatic N) is 5. The number of anilines is 1. The number of likely N-dealkylation sites (tertiary alicyclic amines) is 1. The van der Waals surface area contributed by atoms with E-state index >= 15 is 0 Å². The number of piperazine rings is 1. The van der Waals surface area contributed by atoms with Gasteiger partial charge in [0.05, 0.1) is 0 Å². The molecule has 0 bridgehead atoms. The van der Waals surface area contributed by atoms with Crippen molar-refractivity contribution >= 4 is 5.69 Å². The zero-order valence-electron chi connectivity index (χ0n) is 16.2. The maximum absolute atomic E-state index is 4.32. The molecule has 0 radical (unpaired) electrons. The number of rotatable bonds is 6. The Balaban J connectivity index is 1.24. The van der Waals surface area contributed by atoms with Crippen LogP contribution in [0.5, 0.6) is 0 Å². The molecule has 1 N–H and O–H groups in total. The zero-order chi connectivity index (χ0) is 18.5. The second-order valence-electron chi connectivity index (χ2n) is 7.52. The number of nitrogens with one attached hydrogen (secondary N) is 1. The molecule has 0 amide bonds. The Morgan fingerprint density at radius 3 is 2.30 bits per heavy atom. The summed E-state index contributed by atoms with van der Waals surface area (Å²) in [5.74, 6) is 0.788. The third-order valence-corrected chi connectivity index (χ3v) is 5.84. The number of aromatic nitrogens is 2. The van der Waals surface area contributed by atoms with Crippen LogP contribution in [0.25, 0.3) is 11.4 Å².